The summed E-state index contributed by atoms with van der Waals surface area (Å²) in [5.41, 5.74) is 2.05. The van der Waals surface area contributed by atoms with E-state index in [1.54, 1.807) is 0 Å². The van der Waals surface area contributed by atoms with Crippen LogP contribution in [0.1, 0.15) is 24.7 Å². The van der Waals surface area contributed by atoms with Gasteiger partial charge in [-0.1, -0.05) is 6.92 Å². The molecule has 0 radical (unpaired) electrons. The third-order valence-electron chi connectivity index (χ3n) is 3.30. The summed E-state index contributed by atoms with van der Waals surface area (Å²) < 4.78 is 0. The molecule has 0 spiro atoms. The summed E-state index contributed by atoms with van der Waals surface area (Å²) >= 11 is 0. The highest BCUT2D eigenvalue weighted by Crippen LogP contribution is 2.17. The molecule has 0 saturated carbocycles. The van der Waals surface area contributed by atoms with E-state index in [2.05, 4.69) is 27.1 Å². The van der Waals surface area contributed by atoms with E-state index < -0.39 is 0 Å². The molecular weight excluding hydrogens is 200 g/mol. The van der Waals surface area contributed by atoms with Crippen LogP contribution in [0.2, 0.25) is 0 Å². The van der Waals surface area contributed by atoms with Gasteiger partial charge in [0.15, 0.2) is 0 Å². The Balaban J connectivity index is 2.23. The largest absolute Gasteiger partial charge is 0.350 e. The minimum Gasteiger partial charge on any atom is -0.350 e. The molecule has 1 atom stereocenters. The molecule has 4 heteroatoms. The van der Waals surface area contributed by atoms with Gasteiger partial charge in [-0.15, -0.1) is 0 Å². The molecule has 0 aliphatic carbocycles. The van der Waals surface area contributed by atoms with Crippen LogP contribution < -0.4 is 10.2 Å². The Morgan fingerprint density at radius 3 is 2.94 bits per heavy atom. The first-order valence-electron chi connectivity index (χ1n) is 6.00. The van der Waals surface area contributed by atoms with Gasteiger partial charge in [0, 0.05) is 25.7 Å². The normalized spacial score (nSPS) is 21.2. The van der Waals surface area contributed by atoms with Gasteiger partial charge in [0.2, 0.25) is 0 Å². The lowest BCUT2D eigenvalue weighted by Gasteiger charge is -2.36. The highest BCUT2D eigenvalue weighted by Gasteiger charge is 2.22. The van der Waals surface area contributed by atoms with E-state index in [0.29, 0.717) is 6.04 Å². The molecule has 0 amide bonds. The second-order valence-electron chi connectivity index (χ2n) is 4.36. The zero-order valence-corrected chi connectivity index (χ0v) is 10.3. The van der Waals surface area contributed by atoms with Crippen molar-refractivity contribution >= 4 is 5.82 Å². The topological polar surface area (TPSA) is 41.0 Å². The Kier molecular flexibility index (Phi) is 3.39. The van der Waals surface area contributed by atoms with E-state index in [-0.39, 0.29) is 0 Å². The smallest absolute Gasteiger partial charge is 0.147 e. The summed E-state index contributed by atoms with van der Waals surface area (Å²) in [6, 6.07) is 0.546. The van der Waals surface area contributed by atoms with Gasteiger partial charge in [0.25, 0.3) is 0 Å². The van der Waals surface area contributed by atoms with Crippen LogP contribution in [0, 0.1) is 13.8 Å². The van der Waals surface area contributed by atoms with Gasteiger partial charge in [0.1, 0.15) is 5.82 Å². The molecule has 0 aromatic carbocycles. The molecule has 88 valence electrons. The molecule has 1 aliphatic heterocycles. The first-order valence-corrected chi connectivity index (χ1v) is 6.00. The number of rotatable bonds is 2. The maximum Gasteiger partial charge on any atom is 0.147 e. The van der Waals surface area contributed by atoms with Gasteiger partial charge in [0.05, 0.1) is 17.6 Å². The van der Waals surface area contributed by atoms with Crippen molar-refractivity contribution in [1.82, 2.24) is 15.3 Å². The summed E-state index contributed by atoms with van der Waals surface area (Å²) in [5.74, 6) is 1.02. The SMILES string of the molecule is CCC1CNCCN1c1cnc(C)c(C)n1. The average Bonchev–Trinajstić information content (AvgIpc) is 2.32. The molecule has 2 heterocycles. The molecule has 1 unspecified atom stereocenters. The third kappa shape index (κ3) is 2.16. The maximum absolute atomic E-state index is 4.63. The van der Waals surface area contributed by atoms with Crippen LogP contribution >= 0.6 is 0 Å². The number of anilines is 1. The molecule has 4 nitrogen and oxygen atoms in total. The van der Waals surface area contributed by atoms with Crippen LogP contribution in [0.3, 0.4) is 0 Å². The molecular formula is C12H20N4. The molecule has 1 saturated heterocycles. The predicted molar refractivity (Wildman–Crippen MR) is 65.8 cm³/mol. The van der Waals surface area contributed by atoms with Gasteiger partial charge < -0.3 is 10.2 Å². The quantitative estimate of drug-likeness (QED) is 0.815. The van der Waals surface area contributed by atoms with Crippen LogP contribution in [-0.2, 0) is 0 Å². The molecule has 1 fully saturated rings. The van der Waals surface area contributed by atoms with Crippen molar-refractivity contribution in [1.29, 1.82) is 0 Å². The first kappa shape index (κ1) is 11.3. The van der Waals surface area contributed by atoms with Gasteiger partial charge in [-0.05, 0) is 20.3 Å². The van der Waals surface area contributed by atoms with Crippen molar-refractivity contribution in [2.75, 3.05) is 24.5 Å². The summed E-state index contributed by atoms with van der Waals surface area (Å²) in [6.07, 6.45) is 3.04. The van der Waals surface area contributed by atoms with Gasteiger partial charge in [-0.2, -0.15) is 0 Å². The van der Waals surface area contributed by atoms with Crippen LogP contribution in [0.15, 0.2) is 6.20 Å². The number of piperazine rings is 1. The average molecular weight is 220 g/mol. The summed E-state index contributed by atoms with van der Waals surface area (Å²) in [4.78, 5) is 11.4. The fourth-order valence-corrected chi connectivity index (χ4v) is 2.10. The standard InChI is InChI=1S/C12H20N4/c1-4-11-7-13-5-6-16(11)12-8-14-9(2)10(3)15-12/h8,11,13H,4-7H2,1-3H3. The van der Waals surface area contributed by atoms with Crippen molar-refractivity contribution in [2.45, 2.75) is 33.2 Å². The van der Waals surface area contributed by atoms with Gasteiger partial charge in [-0.3, -0.25) is 4.98 Å². The van der Waals surface area contributed by atoms with E-state index in [0.717, 1.165) is 43.3 Å². The van der Waals surface area contributed by atoms with Crippen molar-refractivity contribution < 1.29 is 0 Å². The molecule has 0 bridgehead atoms. The van der Waals surface area contributed by atoms with Crippen molar-refractivity contribution in [3.8, 4) is 0 Å². The van der Waals surface area contributed by atoms with Crippen LogP contribution in [0.4, 0.5) is 5.82 Å². The lowest BCUT2D eigenvalue weighted by atomic mass is 10.1. The molecule has 1 aliphatic rings. The van der Waals surface area contributed by atoms with E-state index in [1.165, 1.54) is 0 Å². The number of aryl methyl sites for hydroxylation is 2. The van der Waals surface area contributed by atoms with E-state index in [1.807, 2.05) is 20.0 Å². The Bertz CT molecular complexity index is 364. The number of hydrogen-bond donors (Lipinski definition) is 1. The van der Waals surface area contributed by atoms with E-state index >= 15 is 0 Å². The molecule has 1 N–H and O–H groups in total. The van der Waals surface area contributed by atoms with Crippen molar-refractivity contribution in [3.05, 3.63) is 17.6 Å². The van der Waals surface area contributed by atoms with E-state index in [9.17, 15) is 0 Å². The second-order valence-corrected chi connectivity index (χ2v) is 4.36. The number of aromatic nitrogens is 2. The predicted octanol–water partition coefficient (Wildman–Crippen LogP) is 1.28. The highest BCUT2D eigenvalue weighted by molar-refractivity contribution is 5.39. The molecule has 2 rings (SSSR count). The number of nitrogens with one attached hydrogen (secondary N) is 1. The van der Waals surface area contributed by atoms with Crippen LogP contribution in [0.25, 0.3) is 0 Å². The zero-order valence-electron chi connectivity index (χ0n) is 10.3. The summed E-state index contributed by atoms with van der Waals surface area (Å²) in [6.45, 7) is 9.35. The summed E-state index contributed by atoms with van der Waals surface area (Å²) in [7, 11) is 0. The Morgan fingerprint density at radius 2 is 2.25 bits per heavy atom. The Hall–Kier alpha value is -1.16. The lowest BCUT2D eigenvalue weighted by molar-refractivity contribution is 0.462. The monoisotopic (exact) mass is 220 g/mol. The van der Waals surface area contributed by atoms with Crippen molar-refractivity contribution in [2.24, 2.45) is 0 Å². The minimum atomic E-state index is 0.546. The van der Waals surface area contributed by atoms with Crippen molar-refractivity contribution in [3.63, 3.8) is 0 Å². The fourth-order valence-electron chi connectivity index (χ4n) is 2.10. The number of nitrogens with zero attached hydrogens (tertiary/aromatic N) is 3. The zero-order chi connectivity index (χ0) is 11.5. The van der Waals surface area contributed by atoms with Gasteiger partial charge >= 0.3 is 0 Å². The van der Waals surface area contributed by atoms with Gasteiger partial charge in [-0.25, -0.2) is 4.98 Å². The summed E-state index contributed by atoms with van der Waals surface area (Å²) in [5, 5.41) is 3.42. The maximum atomic E-state index is 4.63. The molecule has 16 heavy (non-hydrogen) atoms. The molecule has 1 aromatic heterocycles. The van der Waals surface area contributed by atoms with Crippen LogP contribution in [0.5, 0.6) is 0 Å². The Labute approximate surface area is 97.1 Å². The Morgan fingerprint density at radius 1 is 1.44 bits per heavy atom. The molecule has 1 aromatic rings. The minimum absolute atomic E-state index is 0.546. The van der Waals surface area contributed by atoms with Crippen LogP contribution in [-0.4, -0.2) is 35.6 Å². The number of hydrogen-bond acceptors (Lipinski definition) is 4. The second kappa shape index (κ2) is 4.78. The first-order chi connectivity index (χ1) is 7.72. The van der Waals surface area contributed by atoms with E-state index in [4.69, 9.17) is 0 Å². The fraction of sp³-hybridized carbons (Fsp3) is 0.667. The highest BCUT2D eigenvalue weighted by atomic mass is 15.3. The lowest BCUT2D eigenvalue weighted by Crippen LogP contribution is -2.51. The third-order valence-corrected chi connectivity index (χ3v) is 3.30.